The Labute approximate surface area is 146 Å². The summed E-state index contributed by atoms with van der Waals surface area (Å²) in [5.41, 5.74) is 0. The fraction of sp³-hybridized carbons (Fsp3) is 0.286. The van der Waals surface area contributed by atoms with Crippen molar-refractivity contribution in [1.29, 1.82) is 0 Å². The lowest BCUT2D eigenvalue weighted by molar-refractivity contribution is 0.322. The Kier molecular flexibility index (Phi) is 5.99. The second kappa shape index (κ2) is 7.62. The van der Waals surface area contributed by atoms with Crippen LogP contribution in [0.4, 0.5) is 0 Å². The summed E-state index contributed by atoms with van der Waals surface area (Å²) in [5, 5.41) is 1.69. The van der Waals surface area contributed by atoms with Crippen molar-refractivity contribution >= 4 is 31.4 Å². The van der Waals surface area contributed by atoms with E-state index < -0.39 is 20.0 Å². The van der Waals surface area contributed by atoms with E-state index in [1.54, 1.807) is 11.4 Å². The fourth-order valence-electron chi connectivity index (χ4n) is 1.75. The molecule has 0 saturated heterocycles. The van der Waals surface area contributed by atoms with Gasteiger partial charge in [0.1, 0.15) is 16.6 Å². The van der Waals surface area contributed by atoms with Gasteiger partial charge < -0.3 is 4.74 Å². The van der Waals surface area contributed by atoms with Crippen LogP contribution in [0.1, 0.15) is 0 Å². The Morgan fingerprint density at radius 3 is 2.29 bits per heavy atom. The van der Waals surface area contributed by atoms with Crippen LogP contribution in [0, 0.1) is 0 Å². The van der Waals surface area contributed by atoms with Crippen molar-refractivity contribution in [1.82, 2.24) is 9.03 Å². The molecule has 0 bridgehead atoms. The minimum Gasteiger partial charge on any atom is -0.492 e. The number of hydrogen-bond donors (Lipinski definition) is 1. The zero-order valence-corrected chi connectivity index (χ0v) is 15.6. The van der Waals surface area contributed by atoms with E-state index in [4.69, 9.17) is 4.74 Å². The molecule has 0 saturated carbocycles. The predicted molar refractivity (Wildman–Crippen MR) is 92.3 cm³/mol. The van der Waals surface area contributed by atoms with Crippen molar-refractivity contribution in [3.05, 3.63) is 41.8 Å². The van der Waals surface area contributed by atoms with Gasteiger partial charge >= 0.3 is 0 Å². The van der Waals surface area contributed by atoms with E-state index in [9.17, 15) is 16.8 Å². The molecule has 0 spiro atoms. The van der Waals surface area contributed by atoms with Crippen molar-refractivity contribution in [2.45, 2.75) is 9.10 Å². The molecule has 1 aromatic carbocycles. The predicted octanol–water partition coefficient (Wildman–Crippen LogP) is 1.36. The maximum Gasteiger partial charge on any atom is 0.250 e. The highest BCUT2D eigenvalue weighted by molar-refractivity contribution is 7.91. The fourth-order valence-corrected chi connectivity index (χ4v) is 4.70. The van der Waals surface area contributed by atoms with E-state index in [2.05, 4.69) is 4.72 Å². The number of thiophene rings is 1. The number of nitrogens with zero attached hydrogens (tertiary/aromatic N) is 1. The van der Waals surface area contributed by atoms with Crippen LogP contribution in [0.3, 0.4) is 0 Å². The molecule has 10 heteroatoms. The second-order valence-corrected chi connectivity index (χ2v) is 10.0. The Hall–Kier alpha value is -1.46. The molecule has 0 radical (unpaired) electrons. The highest BCUT2D eigenvalue weighted by Crippen LogP contribution is 2.18. The summed E-state index contributed by atoms with van der Waals surface area (Å²) >= 11 is 1.14. The van der Waals surface area contributed by atoms with Gasteiger partial charge in [-0.05, 0) is 35.7 Å². The van der Waals surface area contributed by atoms with Crippen molar-refractivity contribution in [3.8, 4) is 5.75 Å². The summed E-state index contributed by atoms with van der Waals surface area (Å²) in [5.74, 6) is 0.461. The molecule has 1 aromatic heterocycles. The van der Waals surface area contributed by atoms with E-state index in [1.807, 2.05) is 0 Å². The van der Waals surface area contributed by atoms with Crippen molar-refractivity contribution < 1.29 is 21.6 Å². The van der Waals surface area contributed by atoms with Crippen LogP contribution in [-0.2, 0) is 20.0 Å². The topological polar surface area (TPSA) is 92.8 Å². The molecule has 0 fully saturated rings. The monoisotopic (exact) mass is 390 g/mol. The minimum atomic E-state index is -3.50. The zero-order chi connectivity index (χ0) is 17.8. The molecule has 0 aliphatic carbocycles. The van der Waals surface area contributed by atoms with Gasteiger partial charge in [0.2, 0.25) is 20.0 Å². The third-order valence-electron chi connectivity index (χ3n) is 3.03. The largest absolute Gasteiger partial charge is 0.492 e. The van der Waals surface area contributed by atoms with Gasteiger partial charge in [0.15, 0.2) is 0 Å². The van der Waals surface area contributed by atoms with E-state index in [0.29, 0.717) is 5.75 Å². The van der Waals surface area contributed by atoms with E-state index in [0.717, 1.165) is 15.6 Å². The van der Waals surface area contributed by atoms with Crippen LogP contribution in [0.5, 0.6) is 5.75 Å². The van der Waals surface area contributed by atoms with Gasteiger partial charge in [0.05, 0.1) is 4.90 Å². The zero-order valence-electron chi connectivity index (χ0n) is 13.2. The summed E-state index contributed by atoms with van der Waals surface area (Å²) < 4.78 is 56.9. The first kappa shape index (κ1) is 18.9. The lowest BCUT2D eigenvalue weighted by atomic mass is 10.3. The molecule has 0 aliphatic heterocycles. The standard InChI is InChI=1S/C14H18N2O5S3/c1-16(2)24(19,20)13-7-5-12(6-8-13)21-10-9-15-23(17,18)14-4-3-11-22-14/h3-8,11,15H,9-10H2,1-2H3. The van der Waals surface area contributed by atoms with Crippen molar-refractivity contribution in [2.24, 2.45) is 0 Å². The first-order valence-electron chi connectivity index (χ1n) is 6.92. The maximum absolute atomic E-state index is 11.9. The highest BCUT2D eigenvalue weighted by atomic mass is 32.2. The van der Waals surface area contributed by atoms with Crippen molar-refractivity contribution in [2.75, 3.05) is 27.2 Å². The molecular formula is C14H18N2O5S3. The van der Waals surface area contributed by atoms with Gasteiger partial charge in [0, 0.05) is 20.6 Å². The number of rotatable bonds is 8. The first-order valence-corrected chi connectivity index (χ1v) is 10.7. The summed E-state index contributed by atoms with van der Waals surface area (Å²) in [6, 6.07) is 9.14. The second-order valence-electron chi connectivity index (χ2n) is 4.94. The SMILES string of the molecule is CN(C)S(=O)(=O)c1ccc(OCCNS(=O)(=O)c2cccs2)cc1. The molecule has 2 aromatic rings. The van der Waals surface area contributed by atoms with Gasteiger partial charge in [0.25, 0.3) is 0 Å². The molecule has 0 unspecified atom stereocenters. The molecule has 1 heterocycles. The molecule has 2 rings (SSSR count). The van der Waals surface area contributed by atoms with Gasteiger partial charge in [-0.3, -0.25) is 0 Å². The summed E-state index contributed by atoms with van der Waals surface area (Å²) in [7, 11) is -4.06. The third-order valence-corrected chi connectivity index (χ3v) is 7.71. The molecular weight excluding hydrogens is 372 g/mol. The van der Waals surface area contributed by atoms with Crippen LogP contribution in [0.2, 0.25) is 0 Å². The molecule has 24 heavy (non-hydrogen) atoms. The Bertz CT molecular complexity index is 858. The number of benzene rings is 1. The number of ether oxygens (including phenoxy) is 1. The van der Waals surface area contributed by atoms with Gasteiger partial charge in [-0.25, -0.2) is 25.9 Å². The van der Waals surface area contributed by atoms with E-state index in [1.165, 1.54) is 44.4 Å². The Balaban J connectivity index is 1.88. The molecule has 1 N–H and O–H groups in total. The third kappa shape index (κ3) is 4.54. The average Bonchev–Trinajstić information content (AvgIpc) is 3.07. The highest BCUT2D eigenvalue weighted by Gasteiger charge is 2.17. The van der Waals surface area contributed by atoms with Crippen molar-refractivity contribution in [3.63, 3.8) is 0 Å². The minimum absolute atomic E-state index is 0.109. The average molecular weight is 391 g/mol. The van der Waals surface area contributed by atoms with Gasteiger partial charge in [-0.1, -0.05) is 6.07 Å². The number of sulfonamides is 2. The van der Waals surface area contributed by atoms with Gasteiger partial charge in [-0.2, -0.15) is 0 Å². The number of nitrogens with one attached hydrogen (secondary N) is 1. The molecule has 0 amide bonds. The normalized spacial score (nSPS) is 12.5. The smallest absolute Gasteiger partial charge is 0.250 e. The quantitative estimate of drug-likeness (QED) is 0.687. The van der Waals surface area contributed by atoms with Crippen LogP contribution >= 0.6 is 11.3 Å². The van der Waals surface area contributed by atoms with Crippen LogP contribution in [0.25, 0.3) is 0 Å². The summed E-state index contributed by atoms with van der Waals surface area (Å²) in [6.07, 6.45) is 0. The molecule has 7 nitrogen and oxygen atoms in total. The molecule has 0 atom stereocenters. The van der Waals surface area contributed by atoms with Crippen LogP contribution < -0.4 is 9.46 Å². The summed E-state index contributed by atoms with van der Waals surface area (Å²) in [4.78, 5) is 0.165. The number of hydrogen-bond acceptors (Lipinski definition) is 6. The maximum atomic E-state index is 11.9. The van der Waals surface area contributed by atoms with Crippen LogP contribution in [-0.4, -0.2) is 48.4 Å². The Morgan fingerprint density at radius 1 is 1.08 bits per heavy atom. The molecule has 132 valence electrons. The van der Waals surface area contributed by atoms with Crippen LogP contribution in [0.15, 0.2) is 50.9 Å². The Morgan fingerprint density at radius 2 is 1.75 bits per heavy atom. The van der Waals surface area contributed by atoms with E-state index in [-0.39, 0.29) is 22.3 Å². The lowest BCUT2D eigenvalue weighted by Crippen LogP contribution is -2.27. The molecule has 0 aliphatic rings. The lowest BCUT2D eigenvalue weighted by Gasteiger charge is -2.12. The van der Waals surface area contributed by atoms with E-state index >= 15 is 0 Å². The first-order chi connectivity index (χ1) is 11.2. The van der Waals surface area contributed by atoms with Gasteiger partial charge in [-0.15, -0.1) is 11.3 Å². The summed E-state index contributed by atoms with van der Waals surface area (Å²) in [6.45, 7) is 0.238.